The summed E-state index contributed by atoms with van der Waals surface area (Å²) in [5.74, 6) is 0.588. The third-order valence-corrected chi connectivity index (χ3v) is 4.27. The van der Waals surface area contributed by atoms with E-state index in [9.17, 15) is 13.2 Å². The molecule has 1 aromatic rings. The molecule has 0 saturated heterocycles. The summed E-state index contributed by atoms with van der Waals surface area (Å²) in [4.78, 5) is 13.6. The Morgan fingerprint density at radius 1 is 1.30 bits per heavy atom. The molecule has 23 heavy (non-hydrogen) atoms. The van der Waals surface area contributed by atoms with E-state index in [2.05, 4.69) is 0 Å². The standard InChI is InChI=1S/C15H24N2O4S.ClH/c1-17(15(18)8-4-9-16)10-5-11-21-13-6-3-7-14(12-13)22(2,19)20;/h3,6-7,12H,4-5,8-11,16H2,1-2H3;1H. The van der Waals surface area contributed by atoms with Gasteiger partial charge in [0.1, 0.15) is 5.75 Å². The van der Waals surface area contributed by atoms with E-state index >= 15 is 0 Å². The van der Waals surface area contributed by atoms with Crippen LogP contribution >= 0.6 is 12.4 Å². The summed E-state index contributed by atoms with van der Waals surface area (Å²) >= 11 is 0. The number of hydrogen-bond acceptors (Lipinski definition) is 5. The number of carbonyl (C=O) groups is 1. The van der Waals surface area contributed by atoms with Crippen molar-refractivity contribution in [2.75, 3.05) is 33.0 Å². The van der Waals surface area contributed by atoms with Crippen LogP contribution in [-0.4, -0.2) is 52.2 Å². The molecule has 1 amide bonds. The first-order valence-corrected chi connectivity index (χ1v) is 9.10. The van der Waals surface area contributed by atoms with Gasteiger partial charge in [-0.15, -0.1) is 12.4 Å². The van der Waals surface area contributed by atoms with Crippen molar-refractivity contribution in [1.82, 2.24) is 4.90 Å². The molecule has 0 atom stereocenters. The SMILES string of the molecule is CN(CCCOc1cccc(S(C)(=O)=O)c1)C(=O)CCCN.Cl. The summed E-state index contributed by atoms with van der Waals surface area (Å²) < 4.78 is 28.4. The number of sulfone groups is 1. The van der Waals surface area contributed by atoms with Crippen LogP contribution in [0.2, 0.25) is 0 Å². The summed E-state index contributed by atoms with van der Waals surface area (Å²) in [5, 5.41) is 0. The monoisotopic (exact) mass is 364 g/mol. The van der Waals surface area contributed by atoms with E-state index in [1.165, 1.54) is 12.1 Å². The van der Waals surface area contributed by atoms with Gasteiger partial charge in [0, 0.05) is 26.3 Å². The summed E-state index contributed by atoms with van der Waals surface area (Å²) in [6.45, 7) is 1.52. The lowest BCUT2D eigenvalue weighted by atomic mass is 10.2. The van der Waals surface area contributed by atoms with Gasteiger partial charge >= 0.3 is 0 Å². The first-order chi connectivity index (χ1) is 10.3. The molecule has 1 rings (SSSR count). The van der Waals surface area contributed by atoms with Crippen LogP contribution < -0.4 is 10.5 Å². The second-order valence-electron chi connectivity index (χ2n) is 5.16. The fourth-order valence-corrected chi connectivity index (χ4v) is 2.51. The van der Waals surface area contributed by atoms with Crippen molar-refractivity contribution >= 4 is 28.2 Å². The van der Waals surface area contributed by atoms with Crippen molar-refractivity contribution < 1.29 is 17.9 Å². The molecule has 0 heterocycles. The minimum Gasteiger partial charge on any atom is -0.493 e. The van der Waals surface area contributed by atoms with E-state index in [0.29, 0.717) is 44.7 Å². The van der Waals surface area contributed by atoms with Crippen LogP contribution in [0.4, 0.5) is 0 Å². The third-order valence-electron chi connectivity index (χ3n) is 3.16. The molecule has 132 valence electrons. The molecule has 0 unspecified atom stereocenters. The van der Waals surface area contributed by atoms with Crippen molar-refractivity contribution in [2.45, 2.75) is 24.2 Å². The Morgan fingerprint density at radius 2 is 2.00 bits per heavy atom. The molecule has 0 aliphatic heterocycles. The summed E-state index contributed by atoms with van der Waals surface area (Å²) in [7, 11) is -1.48. The molecular weight excluding hydrogens is 340 g/mol. The maximum absolute atomic E-state index is 11.7. The van der Waals surface area contributed by atoms with E-state index in [1.54, 1.807) is 24.1 Å². The summed E-state index contributed by atoms with van der Waals surface area (Å²) in [6, 6.07) is 6.40. The van der Waals surface area contributed by atoms with Crippen LogP contribution in [0.15, 0.2) is 29.2 Å². The lowest BCUT2D eigenvalue weighted by molar-refractivity contribution is -0.130. The van der Waals surface area contributed by atoms with Gasteiger partial charge in [0.25, 0.3) is 0 Å². The number of hydrogen-bond donors (Lipinski definition) is 1. The average molecular weight is 365 g/mol. The lowest BCUT2D eigenvalue weighted by Gasteiger charge is -2.17. The Hall–Kier alpha value is -1.31. The van der Waals surface area contributed by atoms with Crippen LogP contribution in [0.3, 0.4) is 0 Å². The minimum absolute atomic E-state index is 0. The number of carbonyl (C=O) groups excluding carboxylic acids is 1. The van der Waals surface area contributed by atoms with Crippen LogP contribution in [0, 0.1) is 0 Å². The highest BCUT2D eigenvalue weighted by Crippen LogP contribution is 2.17. The molecule has 1 aromatic carbocycles. The molecule has 0 saturated carbocycles. The van der Waals surface area contributed by atoms with Gasteiger partial charge in [-0.25, -0.2) is 8.42 Å². The molecular formula is C15H25ClN2O4S. The van der Waals surface area contributed by atoms with Gasteiger partial charge in [-0.2, -0.15) is 0 Å². The first-order valence-electron chi connectivity index (χ1n) is 7.21. The lowest BCUT2D eigenvalue weighted by Crippen LogP contribution is -2.28. The summed E-state index contributed by atoms with van der Waals surface area (Å²) in [6.07, 6.45) is 2.99. The topological polar surface area (TPSA) is 89.7 Å². The normalized spacial score (nSPS) is 10.7. The maximum Gasteiger partial charge on any atom is 0.222 e. The molecule has 0 aliphatic carbocycles. The van der Waals surface area contributed by atoms with Gasteiger partial charge in [0.2, 0.25) is 5.91 Å². The zero-order valence-electron chi connectivity index (χ0n) is 13.5. The highest BCUT2D eigenvalue weighted by molar-refractivity contribution is 7.90. The number of halogens is 1. The van der Waals surface area contributed by atoms with Crippen molar-refractivity contribution in [3.05, 3.63) is 24.3 Å². The number of amides is 1. The Kier molecular flexibility index (Phi) is 9.87. The molecule has 0 aromatic heterocycles. The van der Waals surface area contributed by atoms with Gasteiger partial charge in [-0.05, 0) is 37.6 Å². The zero-order chi connectivity index (χ0) is 16.6. The first kappa shape index (κ1) is 21.7. The maximum atomic E-state index is 11.7. The molecule has 0 radical (unpaired) electrons. The minimum atomic E-state index is -3.23. The molecule has 0 fully saturated rings. The number of nitrogens with zero attached hydrogens (tertiary/aromatic N) is 1. The van der Waals surface area contributed by atoms with Crippen LogP contribution in [0.1, 0.15) is 19.3 Å². The van der Waals surface area contributed by atoms with Crippen LogP contribution in [0.25, 0.3) is 0 Å². The predicted molar refractivity (Wildman–Crippen MR) is 92.8 cm³/mol. The van der Waals surface area contributed by atoms with Crippen molar-refractivity contribution in [3.8, 4) is 5.75 Å². The smallest absolute Gasteiger partial charge is 0.222 e. The third kappa shape index (κ3) is 8.20. The second kappa shape index (κ2) is 10.5. The molecule has 0 spiro atoms. The molecule has 2 N–H and O–H groups in total. The van der Waals surface area contributed by atoms with Gasteiger partial charge in [-0.1, -0.05) is 6.07 Å². The highest BCUT2D eigenvalue weighted by atomic mass is 35.5. The van der Waals surface area contributed by atoms with Gasteiger partial charge < -0.3 is 15.4 Å². The van der Waals surface area contributed by atoms with E-state index in [-0.39, 0.29) is 23.2 Å². The highest BCUT2D eigenvalue weighted by Gasteiger charge is 2.09. The molecule has 8 heteroatoms. The van der Waals surface area contributed by atoms with E-state index in [1.807, 2.05) is 0 Å². The van der Waals surface area contributed by atoms with Gasteiger partial charge in [-0.3, -0.25) is 4.79 Å². The summed E-state index contributed by atoms with van der Waals surface area (Å²) in [5.41, 5.74) is 5.37. The largest absolute Gasteiger partial charge is 0.493 e. The Labute approximate surface area is 144 Å². The number of nitrogens with two attached hydrogens (primary N) is 1. The fourth-order valence-electron chi connectivity index (χ4n) is 1.86. The van der Waals surface area contributed by atoms with E-state index in [0.717, 1.165) is 6.26 Å². The van der Waals surface area contributed by atoms with Crippen molar-refractivity contribution in [1.29, 1.82) is 0 Å². The number of rotatable bonds is 9. The average Bonchev–Trinajstić information content (AvgIpc) is 2.48. The Balaban J connectivity index is 0.00000484. The molecule has 0 aliphatic rings. The van der Waals surface area contributed by atoms with Crippen molar-refractivity contribution in [3.63, 3.8) is 0 Å². The molecule has 6 nitrogen and oxygen atoms in total. The van der Waals surface area contributed by atoms with Gasteiger partial charge in [0.15, 0.2) is 9.84 Å². The Morgan fingerprint density at radius 3 is 2.61 bits per heavy atom. The Bertz CT molecular complexity index is 593. The van der Waals surface area contributed by atoms with Gasteiger partial charge in [0.05, 0.1) is 11.5 Å². The number of ether oxygens (including phenoxy) is 1. The van der Waals surface area contributed by atoms with Crippen LogP contribution in [-0.2, 0) is 14.6 Å². The predicted octanol–water partition coefficient (Wildman–Crippen LogP) is 1.48. The van der Waals surface area contributed by atoms with Crippen molar-refractivity contribution in [2.24, 2.45) is 5.73 Å². The van der Waals surface area contributed by atoms with E-state index < -0.39 is 9.84 Å². The van der Waals surface area contributed by atoms with E-state index in [4.69, 9.17) is 10.5 Å². The second-order valence-corrected chi connectivity index (χ2v) is 7.17. The quantitative estimate of drug-likeness (QED) is 0.670. The fraction of sp³-hybridized carbons (Fsp3) is 0.533. The van der Waals surface area contributed by atoms with Crippen LogP contribution in [0.5, 0.6) is 5.75 Å². The number of benzene rings is 1. The zero-order valence-corrected chi connectivity index (χ0v) is 15.2. The molecule has 0 bridgehead atoms.